The Bertz CT molecular complexity index is 913. The Morgan fingerprint density at radius 3 is 2.80 bits per heavy atom. The van der Waals surface area contributed by atoms with Gasteiger partial charge in [0.05, 0.1) is 12.1 Å². The van der Waals surface area contributed by atoms with Crippen LogP contribution in [0.25, 0.3) is 10.9 Å². The van der Waals surface area contributed by atoms with Crippen molar-refractivity contribution < 1.29 is 9.59 Å². The molecule has 130 valence electrons. The Hall–Kier alpha value is -3.16. The van der Waals surface area contributed by atoms with Crippen LogP contribution in [-0.4, -0.2) is 37.4 Å². The van der Waals surface area contributed by atoms with Gasteiger partial charge in [0.15, 0.2) is 0 Å². The number of benzene rings is 1. The van der Waals surface area contributed by atoms with E-state index in [9.17, 15) is 9.59 Å². The fourth-order valence-corrected chi connectivity index (χ4v) is 2.62. The Morgan fingerprint density at radius 1 is 1.28 bits per heavy atom. The van der Waals surface area contributed by atoms with Gasteiger partial charge in [0, 0.05) is 42.3 Å². The van der Waals surface area contributed by atoms with Crippen LogP contribution in [0, 0.1) is 6.92 Å². The van der Waals surface area contributed by atoms with Crippen LogP contribution >= 0.6 is 0 Å². The highest BCUT2D eigenvalue weighted by Gasteiger charge is 2.17. The fourth-order valence-electron chi connectivity index (χ4n) is 2.62. The lowest BCUT2D eigenvalue weighted by molar-refractivity contribution is -0.136. The summed E-state index contributed by atoms with van der Waals surface area (Å²) in [4.78, 5) is 24.1. The molecule has 0 radical (unpaired) electrons. The number of hydrogen-bond donors (Lipinski definition) is 2. The first-order valence-electron chi connectivity index (χ1n) is 7.96. The van der Waals surface area contributed by atoms with E-state index in [1.807, 2.05) is 27.0 Å². The zero-order chi connectivity index (χ0) is 18.0. The second-order valence-corrected chi connectivity index (χ2v) is 6.00. The number of rotatable bonds is 4. The molecule has 8 heteroatoms. The molecule has 3 rings (SSSR count). The van der Waals surface area contributed by atoms with E-state index in [1.54, 1.807) is 40.0 Å². The van der Waals surface area contributed by atoms with Crippen molar-refractivity contribution in [1.82, 2.24) is 24.9 Å². The third kappa shape index (κ3) is 3.68. The van der Waals surface area contributed by atoms with Crippen LogP contribution in [0.3, 0.4) is 0 Å². The van der Waals surface area contributed by atoms with Gasteiger partial charge in [-0.2, -0.15) is 10.2 Å². The third-order valence-corrected chi connectivity index (χ3v) is 3.99. The van der Waals surface area contributed by atoms with Gasteiger partial charge < -0.3 is 10.6 Å². The third-order valence-electron chi connectivity index (χ3n) is 3.99. The van der Waals surface area contributed by atoms with E-state index >= 15 is 0 Å². The Morgan fingerprint density at radius 2 is 2.08 bits per heavy atom. The van der Waals surface area contributed by atoms with Crippen molar-refractivity contribution in [2.75, 3.05) is 5.32 Å². The lowest BCUT2D eigenvalue weighted by Crippen LogP contribution is -2.42. The SMILES string of the molecule is Cc1c2ccc(NC(=O)C(=O)NC(C)Cn3cccn3)cc2nn1C. The Labute approximate surface area is 144 Å². The Balaban J connectivity index is 1.62. The van der Waals surface area contributed by atoms with Gasteiger partial charge in [0.2, 0.25) is 0 Å². The largest absolute Gasteiger partial charge is 0.344 e. The summed E-state index contributed by atoms with van der Waals surface area (Å²) in [6.07, 6.45) is 3.46. The highest BCUT2D eigenvalue weighted by Crippen LogP contribution is 2.20. The number of aryl methyl sites for hydroxylation is 2. The average Bonchev–Trinajstić information content (AvgIpc) is 3.16. The highest BCUT2D eigenvalue weighted by molar-refractivity contribution is 6.39. The molecular weight excluding hydrogens is 320 g/mol. The molecule has 25 heavy (non-hydrogen) atoms. The van der Waals surface area contributed by atoms with E-state index in [4.69, 9.17) is 0 Å². The van der Waals surface area contributed by atoms with Gasteiger partial charge in [-0.15, -0.1) is 0 Å². The van der Waals surface area contributed by atoms with E-state index in [-0.39, 0.29) is 6.04 Å². The molecule has 8 nitrogen and oxygen atoms in total. The second kappa shape index (κ2) is 6.76. The lowest BCUT2D eigenvalue weighted by Gasteiger charge is -2.13. The van der Waals surface area contributed by atoms with Gasteiger partial charge in [-0.25, -0.2) is 0 Å². The standard InChI is InChI=1S/C17H20N6O2/c1-11(10-23-8-4-7-18-23)19-16(24)17(25)20-13-5-6-14-12(2)22(3)21-15(14)9-13/h4-9,11H,10H2,1-3H3,(H,19,24)(H,20,25). The van der Waals surface area contributed by atoms with Crippen LogP contribution in [0.1, 0.15) is 12.6 Å². The van der Waals surface area contributed by atoms with E-state index in [2.05, 4.69) is 20.8 Å². The van der Waals surface area contributed by atoms with Crippen molar-refractivity contribution in [3.8, 4) is 0 Å². The molecule has 2 aromatic heterocycles. The summed E-state index contributed by atoms with van der Waals surface area (Å²) in [5, 5.41) is 14.7. The maximum Gasteiger partial charge on any atom is 0.313 e. The molecule has 1 atom stereocenters. The zero-order valence-electron chi connectivity index (χ0n) is 14.4. The number of nitrogens with one attached hydrogen (secondary N) is 2. The summed E-state index contributed by atoms with van der Waals surface area (Å²) in [5.74, 6) is -1.39. The summed E-state index contributed by atoms with van der Waals surface area (Å²) in [6, 6.07) is 6.97. The quantitative estimate of drug-likeness (QED) is 0.698. The van der Waals surface area contributed by atoms with Gasteiger partial charge in [-0.1, -0.05) is 0 Å². The minimum atomic E-state index is -0.709. The van der Waals surface area contributed by atoms with Gasteiger partial charge >= 0.3 is 11.8 Å². The molecule has 2 N–H and O–H groups in total. The van der Waals surface area contributed by atoms with Crippen LogP contribution in [0.15, 0.2) is 36.7 Å². The molecule has 0 saturated carbocycles. The number of fused-ring (bicyclic) bond motifs is 1. The van der Waals surface area contributed by atoms with Crippen LogP contribution in [-0.2, 0) is 23.2 Å². The number of anilines is 1. The molecule has 0 aliphatic heterocycles. The van der Waals surface area contributed by atoms with Crippen LogP contribution < -0.4 is 10.6 Å². The maximum atomic E-state index is 12.1. The molecule has 0 aliphatic carbocycles. The van der Waals surface area contributed by atoms with Gasteiger partial charge in [0.25, 0.3) is 0 Å². The Kier molecular flexibility index (Phi) is 4.51. The van der Waals surface area contributed by atoms with Crippen molar-refractivity contribution in [3.63, 3.8) is 0 Å². The summed E-state index contributed by atoms with van der Waals surface area (Å²) in [5.41, 5.74) is 2.34. The first-order valence-corrected chi connectivity index (χ1v) is 7.96. The van der Waals surface area contributed by atoms with Crippen molar-refractivity contribution >= 4 is 28.4 Å². The number of carbonyl (C=O) groups is 2. The summed E-state index contributed by atoms with van der Waals surface area (Å²) in [6.45, 7) is 4.28. The highest BCUT2D eigenvalue weighted by atomic mass is 16.2. The van der Waals surface area contributed by atoms with Gasteiger partial charge in [-0.05, 0) is 38.1 Å². The van der Waals surface area contributed by atoms with Crippen molar-refractivity contribution in [3.05, 3.63) is 42.4 Å². The predicted octanol–water partition coefficient (Wildman–Crippen LogP) is 1.22. The van der Waals surface area contributed by atoms with E-state index < -0.39 is 11.8 Å². The van der Waals surface area contributed by atoms with Crippen molar-refractivity contribution in [2.45, 2.75) is 26.4 Å². The van der Waals surface area contributed by atoms with Crippen LogP contribution in [0.4, 0.5) is 5.69 Å². The van der Waals surface area contributed by atoms with Crippen molar-refractivity contribution in [1.29, 1.82) is 0 Å². The van der Waals surface area contributed by atoms with E-state index in [0.29, 0.717) is 12.2 Å². The summed E-state index contributed by atoms with van der Waals surface area (Å²) >= 11 is 0. The number of carbonyl (C=O) groups excluding carboxylic acids is 2. The molecule has 2 heterocycles. The first-order chi connectivity index (χ1) is 11.9. The van der Waals surface area contributed by atoms with E-state index in [0.717, 1.165) is 16.6 Å². The van der Waals surface area contributed by atoms with Crippen LogP contribution in [0.2, 0.25) is 0 Å². The number of aromatic nitrogens is 4. The fraction of sp³-hybridized carbons (Fsp3) is 0.294. The topological polar surface area (TPSA) is 93.8 Å². The number of nitrogens with zero attached hydrogens (tertiary/aromatic N) is 4. The molecule has 3 aromatic rings. The number of amides is 2. The van der Waals surface area contributed by atoms with Crippen LogP contribution in [0.5, 0.6) is 0 Å². The molecule has 0 spiro atoms. The average molecular weight is 340 g/mol. The molecule has 1 unspecified atom stereocenters. The second-order valence-electron chi connectivity index (χ2n) is 6.00. The molecule has 0 bridgehead atoms. The predicted molar refractivity (Wildman–Crippen MR) is 93.9 cm³/mol. The van der Waals surface area contributed by atoms with Crippen molar-refractivity contribution in [2.24, 2.45) is 7.05 Å². The normalized spacial score (nSPS) is 12.1. The molecule has 0 fully saturated rings. The maximum absolute atomic E-state index is 12.1. The monoisotopic (exact) mass is 340 g/mol. The van der Waals surface area contributed by atoms with Gasteiger partial charge in [-0.3, -0.25) is 19.0 Å². The zero-order valence-corrected chi connectivity index (χ0v) is 14.4. The summed E-state index contributed by atoms with van der Waals surface area (Å²) in [7, 11) is 1.86. The van der Waals surface area contributed by atoms with Gasteiger partial charge in [0.1, 0.15) is 0 Å². The first kappa shape index (κ1) is 16.7. The number of hydrogen-bond acceptors (Lipinski definition) is 4. The molecule has 0 aliphatic rings. The molecular formula is C17H20N6O2. The minimum Gasteiger partial charge on any atom is -0.344 e. The smallest absolute Gasteiger partial charge is 0.313 e. The molecule has 1 aromatic carbocycles. The lowest BCUT2D eigenvalue weighted by atomic mass is 10.2. The van der Waals surface area contributed by atoms with E-state index in [1.165, 1.54) is 0 Å². The molecule has 0 saturated heterocycles. The summed E-state index contributed by atoms with van der Waals surface area (Å²) < 4.78 is 3.47. The minimum absolute atomic E-state index is 0.223. The molecule has 2 amide bonds.